The van der Waals surface area contributed by atoms with Crippen LogP contribution in [-0.2, 0) is 0 Å². The fourth-order valence-corrected chi connectivity index (χ4v) is 10.1. The Hall–Kier alpha value is -8.98. The van der Waals surface area contributed by atoms with Crippen molar-refractivity contribution >= 4 is 38.9 Å². The summed E-state index contributed by atoms with van der Waals surface area (Å²) in [6.45, 7) is 0. The molecule has 2 nitrogen and oxygen atoms in total. The highest BCUT2D eigenvalue weighted by atomic mass is 15.1. The molecule has 11 aromatic carbocycles. The van der Waals surface area contributed by atoms with Gasteiger partial charge < -0.3 is 9.47 Å². The van der Waals surface area contributed by atoms with E-state index in [1.54, 1.807) is 0 Å². The molecule has 12 aromatic rings. The molecule has 0 fully saturated rings. The second kappa shape index (κ2) is 17.8. The molecule has 2 heteroatoms. The normalized spacial score (nSPS) is 11.2. The van der Waals surface area contributed by atoms with E-state index in [1.165, 1.54) is 77.4 Å². The minimum atomic E-state index is 1.07. The third-order valence-corrected chi connectivity index (χ3v) is 13.2. The predicted octanol–water partition coefficient (Wildman–Crippen LogP) is 18.3. The minimum Gasteiger partial charge on any atom is -0.310 e. The molecule has 68 heavy (non-hydrogen) atoms. The maximum absolute atomic E-state index is 2.42. The predicted molar refractivity (Wildman–Crippen MR) is 288 cm³/mol. The van der Waals surface area contributed by atoms with Gasteiger partial charge in [0, 0.05) is 39.0 Å². The molecule has 0 radical (unpaired) electrons. The molecule has 320 valence electrons. The van der Waals surface area contributed by atoms with Crippen LogP contribution in [0.2, 0.25) is 0 Å². The highest BCUT2D eigenvalue weighted by molar-refractivity contribution is 6.14. The van der Waals surface area contributed by atoms with Crippen molar-refractivity contribution in [3.05, 3.63) is 279 Å². The first-order valence-corrected chi connectivity index (χ1v) is 23.3. The minimum absolute atomic E-state index is 1.07. The smallest absolute Gasteiger partial charge is 0.0619 e. The highest BCUT2D eigenvalue weighted by Crippen LogP contribution is 2.46. The summed E-state index contributed by atoms with van der Waals surface area (Å²) in [5.74, 6) is 0. The molecule has 1 heterocycles. The molecule has 0 atom stereocenters. The number of hydrogen-bond donors (Lipinski definition) is 0. The third kappa shape index (κ3) is 7.45. The largest absolute Gasteiger partial charge is 0.310 e. The number of para-hydroxylation sites is 4. The molecule has 0 saturated heterocycles. The van der Waals surface area contributed by atoms with Crippen molar-refractivity contribution in [3.63, 3.8) is 0 Å². The molecule has 0 saturated carbocycles. The van der Waals surface area contributed by atoms with Gasteiger partial charge in [-0.25, -0.2) is 0 Å². The molecule has 12 rings (SSSR count). The van der Waals surface area contributed by atoms with Crippen molar-refractivity contribution in [1.82, 2.24) is 4.57 Å². The summed E-state index contributed by atoms with van der Waals surface area (Å²) in [4.78, 5) is 2.42. The van der Waals surface area contributed by atoms with Gasteiger partial charge in [0.1, 0.15) is 0 Å². The van der Waals surface area contributed by atoms with E-state index < -0.39 is 0 Å². The first-order valence-electron chi connectivity index (χ1n) is 23.3. The van der Waals surface area contributed by atoms with Gasteiger partial charge >= 0.3 is 0 Å². The van der Waals surface area contributed by atoms with E-state index in [9.17, 15) is 0 Å². The average molecular weight is 867 g/mol. The molecule has 0 aliphatic heterocycles. The molecule has 0 bridgehead atoms. The molecule has 0 spiro atoms. The lowest BCUT2D eigenvalue weighted by Crippen LogP contribution is -2.11. The summed E-state index contributed by atoms with van der Waals surface area (Å²) in [5.41, 5.74) is 21.0. The Bertz CT molecular complexity index is 3700. The van der Waals surface area contributed by atoms with Crippen LogP contribution in [0.1, 0.15) is 0 Å². The third-order valence-electron chi connectivity index (χ3n) is 13.2. The standard InChI is InChI=1S/C66H46N2/c1-4-20-47(21-5-1)51-24-18-25-52(46-51)48-38-42-54(43-39-48)67(64-36-16-14-32-61(64)60-31-13-12-30-59(60)58-29-11-10-28-56(58)49-22-6-2-7-23-49)55-44-40-50(41-45-55)57-34-19-35-63-62-33-15-17-37-65(62)68(66(57)63)53-26-8-3-9-27-53/h1-46H. The maximum Gasteiger partial charge on any atom is 0.0619 e. The maximum atomic E-state index is 2.42. The molecule has 1 aromatic heterocycles. The van der Waals surface area contributed by atoms with Gasteiger partial charge in [0.15, 0.2) is 0 Å². The van der Waals surface area contributed by atoms with Gasteiger partial charge in [0.2, 0.25) is 0 Å². The van der Waals surface area contributed by atoms with E-state index in [0.717, 1.165) is 33.9 Å². The Morgan fingerprint density at radius 1 is 0.250 bits per heavy atom. The summed E-state index contributed by atoms with van der Waals surface area (Å²) < 4.78 is 2.42. The zero-order chi connectivity index (χ0) is 45.2. The van der Waals surface area contributed by atoms with E-state index >= 15 is 0 Å². The molecule has 0 aliphatic rings. The van der Waals surface area contributed by atoms with Crippen LogP contribution in [0.3, 0.4) is 0 Å². The molecule has 0 N–H and O–H groups in total. The molecule has 0 unspecified atom stereocenters. The Labute approximate surface area is 397 Å². The zero-order valence-corrected chi connectivity index (χ0v) is 37.5. The van der Waals surface area contributed by atoms with Crippen LogP contribution in [0.25, 0.3) is 94.3 Å². The number of fused-ring (bicyclic) bond motifs is 3. The number of aromatic nitrogens is 1. The number of nitrogens with zero attached hydrogens (tertiary/aromatic N) is 2. The number of benzene rings is 11. The van der Waals surface area contributed by atoms with E-state index in [2.05, 4.69) is 289 Å². The van der Waals surface area contributed by atoms with Gasteiger partial charge in [-0.3, -0.25) is 0 Å². The van der Waals surface area contributed by atoms with Crippen LogP contribution in [-0.4, -0.2) is 4.57 Å². The van der Waals surface area contributed by atoms with Gasteiger partial charge in [-0.2, -0.15) is 0 Å². The first-order chi connectivity index (χ1) is 33.8. The summed E-state index contributed by atoms with van der Waals surface area (Å²) >= 11 is 0. The second-order valence-electron chi connectivity index (χ2n) is 17.2. The average Bonchev–Trinajstić information content (AvgIpc) is 3.77. The fourth-order valence-electron chi connectivity index (χ4n) is 10.1. The van der Waals surface area contributed by atoms with Crippen LogP contribution in [0.15, 0.2) is 279 Å². The highest BCUT2D eigenvalue weighted by Gasteiger charge is 2.22. The molecular weight excluding hydrogens is 821 g/mol. The summed E-state index contributed by atoms with van der Waals surface area (Å²) in [7, 11) is 0. The monoisotopic (exact) mass is 866 g/mol. The quantitative estimate of drug-likeness (QED) is 0.133. The van der Waals surface area contributed by atoms with Crippen molar-refractivity contribution in [2.45, 2.75) is 0 Å². The van der Waals surface area contributed by atoms with E-state index in [1.807, 2.05) is 0 Å². The number of anilines is 3. The van der Waals surface area contributed by atoms with Crippen LogP contribution in [0, 0.1) is 0 Å². The van der Waals surface area contributed by atoms with Gasteiger partial charge in [-0.1, -0.05) is 224 Å². The van der Waals surface area contributed by atoms with Gasteiger partial charge in [-0.15, -0.1) is 0 Å². The van der Waals surface area contributed by atoms with E-state index in [-0.39, 0.29) is 0 Å². The SMILES string of the molecule is c1ccc(-c2cccc(-c3ccc(N(c4ccc(-c5cccc6c7ccccc7n(-c7ccccc7)c56)cc4)c4ccccc4-c4ccccc4-c4ccccc4-c4ccccc4)cc3)c2)cc1. The van der Waals surface area contributed by atoms with Gasteiger partial charge in [0.25, 0.3) is 0 Å². The van der Waals surface area contributed by atoms with Crippen LogP contribution in [0.4, 0.5) is 17.1 Å². The molecule has 0 amide bonds. The molecule has 0 aliphatic carbocycles. The van der Waals surface area contributed by atoms with Crippen molar-refractivity contribution in [2.24, 2.45) is 0 Å². The summed E-state index contributed by atoms with van der Waals surface area (Å²) in [6.07, 6.45) is 0. The summed E-state index contributed by atoms with van der Waals surface area (Å²) in [6, 6.07) is 101. The molecular formula is C66H46N2. The van der Waals surface area contributed by atoms with Gasteiger partial charge in [-0.05, 0) is 110 Å². The van der Waals surface area contributed by atoms with Crippen LogP contribution >= 0.6 is 0 Å². The van der Waals surface area contributed by atoms with Crippen molar-refractivity contribution < 1.29 is 0 Å². The van der Waals surface area contributed by atoms with Gasteiger partial charge in [0.05, 0.1) is 16.7 Å². The Balaban J connectivity index is 1.01. The lowest BCUT2D eigenvalue weighted by Gasteiger charge is -2.29. The van der Waals surface area contributed by atoms with Crippen molar-refractivity contribution in [3.8, 4) is 72.4 Å². The fraction of sp³-hybridized carbons (Fsp3) is 0. The van der Waals surface area contributed by atoms with Crippen molar-refractivity contribution in [1.29, 1.82) is 0 Å². The Morgan fingerprint density at radius 3 is 1.32 bits per heavy atom. The Kier molecular flexibility index (Phi) is 10.6. The number of hydrogen-bond acceptors (Lipinski definition) is 1. The van der Waals surface area contributed by atoms with E-state index in [0.29, 0.717) is 0 Å². The lowest BCUT2D eigenvalue weighted by molar-refractivity contribution is 1.18. The lowest BCUT2D eigenvalue weighted by atomic mass is 9.88. The van der Waals surface area contributed by atoms with Crippen LogP contribution < -0.4 is 4.90 Å². The zero-order valence-electron chi connectivity index (χ0n) is 37.5. The second-order valence-corrected chi connectivity index (χ2v) is 17.2. The topological polar surface area (TPSA) is 8.17 Å². The first kappa shape index (κ1) is 40.5. The van der Waals surface area contributed by atoms with E-state index in [4.69, 9.17) is 0 Å². The number of rotatable bonds is 10. The summed E-state index contributed by atoms with van der Waals surface area (Å²) in [5, 5.41) is 2.48. The van der Waals surface area contributed by atoms with Crippen molar-refractivity contribution in [2.75, 3.05) is 4.90 Å². The Morgan fingerprint density at radius 2 is 0.662 bits per heavy atom. The van der Waals surface area contributed by atoms with Crippen LogP contribution in [0.5, 0.6) is 0 Å².